The number of nitrogens with zero attached hydrogens (tertiary/aromatic N) is 2. The summed E-state index contributed by atoms with van der Waals surface area (Å²) in [5.41, 5.74) is 3.97. The summed E-state index contributed by atoms with van der Waals surface area (Å²) in [5.74, 6) is 0.129. The van der Waals surface area contributed by atoms with Crippen LogP contribution in [-0.2, 0) is 4.79 Å². The van der Waals surface area contributed by atoms with Crippen molar-refractivity contribution in [2.24, 2.45) is 5.41 Å². The Hall–Kier alpha value is -2.21. The maximum atomic E-state index is 12.1. The number of benzene rings is 2. The molecule has 2 heterocycles. The van der Waals surface area contributed by atoms with Gasteiger partial charge in [0, 0.05) is 32.2 Å². The highest BCUT2D eigenvalue weighted by Crippen LogP contribution is 2.54. The Kier molecular flexibility index (Phi) is 6.06. The van der Waals surface area contributed by atoms with Crippen LogP contribution in [0.15, 0.2) is 54.6 Å². The lowest BCUT2D eigenvalue weighted by molar-refractivity contribution is -0.128. The number of β-amino-alcohol motifs (C(OH)–C–C–N with tert-alkyl or cyclic N) is 1. The molecule has 5 nitrogen and oxygen atoms in total. The standard InChI is InChI=1S/C27H35N3O2/c1-20-26(32)28-15-18-29(20)16-11-24(30-17-14-27(12-13-27)25(31)19-30)23-9-7-22(8-10-23)21-5-3-2-4-6-21/h2-10,20,24-25,31H,11-19H2,1H3,(H,28,32)/t20-,24?,25+/m0/s1. The van der Waals surface area contributed by atoms with E-state index in [4.69, 9.17) is 0 Å². The lowest BCUT2D eigenvalue weighted by atomic mass is 9.88. The van der Waals surface area contributed by atoms with E-state index in [1.54, 1.807) is 0 Å². The molecule has 3 atom stereocenters. The van der Waals surface area contributed by atoms with Crippen LogP contribution in [0.1, 0.15) is 44.2 Å². The lowest BCUT2D eigenvalue weighted by Crippen LogP contribution is -2.54. The van der Waals surface area contributed by atoms with Crippen molar-refractivity contribution >= 4 is 5.91 Å². The fourth-order valence-corrected chi connectivity index (χ4v) is 5.58. The largest absolute Gasteiger partial charge is 0.391 e. The van der Waals surface area contributed by atoms with Crippen molar-refractivity contribution in [1.29, 1.82) is 0 Å². The molecule has 1 spiro atoms. The molecule has 5 heteroatoms. The number of nitrogens with one attached hydrogen (secondary N) is 1. The number of rotatable bonds is 6. The van der Waals surface area contributed by atoms with Crippen molar-refractivity contribution in [2.45, 2.75) is 50.8 Å². The van der Waals surface area contributed by atoms with E-state index in [1.165, 1.54) is 29.5 Å². The predicted molar refractivity (Wildman–Crippen MR) is 127 cm³/mol. The normalized spacial score (nSPS) is 26.6. The lowest BCUT2D eigenvalue weighted by Gasteiger charge is -2.42. The van der Waals surface area contributed by atoms with Crippen LogP contribution in [0, 0.1) is 5.41 Å². The second kappa shape index (κ2) is 8.97. The van der Waals surface area contributed by atoms with Crippen molar-refractivity contribution < 1.29 is 9.90 Å². The summed E-state index contributed by atoms with van der Waals surface area (Å²) in [6.07, 6.45) is 4.19. The highest BCUT2D eigenvalue weighted by Gasteiger charge is 2.51. The van der Waals surface area contributed by atoms with Gasteiger partial charge in [-0.15, -0.1) is 0 Å². The zero-order chi connectivity index (χ0) is 22.1. The third-order valence-corrected chi connectivity index (χ3v) is 8.06. The molecule has 2 aromatic rings. The summed E-state index contributed by atoms with van der Waals surface area (Å²) in [6.45, 7) is 6.30. The molecule has 2 saturated heterocycles. The molecule has 32 heavy (non-hydrogen) atoms. The first-order valence-electron chi connectivity index (χ1n) is 12.1. The molecule has 5 rings (SSSR count). The summed E-state index contributed by atoms with van der Waals surface area (Å²) in [4.78, 5) is 16.9. The van der Waals surface area contributed by atoms with E-state index in [-0.39, 0.29) is 29.5 Å². The van der Waals surface area contributed by atoms with E-state index in [1.807, 2.05) is 13.0 Å². The van der Waals surface area contributed by atoms with Gasteiger partial charge in [-0.05, 0) is 61.3 Å². The minimum Gasteiger partial charge on any atom is -0.391 e. The Balaban J connectivity index is 1.34. The average Bonchev–Trinajstić information content (AvgIpc) is 3.61. The smallest absolute Gasteiger partial charge is 0.237 e. The second-order valence-electron chi connectivity index (χ2n) is 9.92. The highest BCUT2D eigenvalue weighted by molar-refractivity contribution is 5.81. The van der Waals surface area contributed by atoms with Gasteiger partial charge in [-0.3, -0.25) is 14.6 Å². The zero-order valence-corrected chi connectivity index (χ0v) is 19.0. The van der Waals surface area contributed by atoms with E-state index >= 15 is 0 Å². The van der Waals surface area contributed by atoms with E-state index in [9.17, 15) is 9.90 Å². The van der Waals surface area contributed by atoms with Gasteiger partial charge in [-0.2, -0.15) is 0 Å². The van der Waals surface area contributed by atoms with Crippen LogP contribution in [0.4, 0.5) is 0 Å². The quantitative estimate of drug-likeness (QED) is 0.733. The van der Waals surface area contributed by atoms with Gasteiger partial charge < -0.3 is 10.4 Å². The summed E-state index contributed by atoms with van der Waals surface area (Å²) in [7, 11) is 0. The summed E-state index contributed by atoms with van der Waals surface area (Å²) < 4.78 is 0. The molecule has 0 radical (unpaired) electrons. The van der Waals surface area contributed by atoms with E-state index in [2.05, 4.69) is 63.6 Å². The number of hydrogen-bond acceptors (Lipinski definition) is 4. The monoisotopic (exact) mass is 433 g/mol. The Bertz CT molecular complexity index is 926. The van der Waals surface area contributed by atoms with Crippen molar-refractivity contribution in [3.8, 4) is 11.1 Å². The molecular formula is C27H35N3O2. The van der Waals surface area contributed by atoms with Crippen molar-refractivity contribution in [2.75, 3.05) is 32.7 Å². The number of carbonyl (C=O) groups is 1. The number of aliphatic hydroxyl groups is 1. The summed E-state index contributed by atoms with van der Waals surface area (Å²) in [6, 6.07) is 19.6. The van der Waals surface area contributed by atoms with Gasteiger partial charge in [0.15, 0.2) is 0 Å². The fourth-order valence-electron chi connectivity index (χ4n) is 5.58. The van der Waals surface area contributed by atoms with Gasteiger partial charge in [0.25, 0.3) is 0 Å². The first-order valence-corrected chi connectivity index (χ1v) is 12.1. The molecule has 3 aliphatic rings. The molecule has 2 N–H and O–H groups in total. The molecule has 0 aromatic heterocycles. The SMILES string of the molecule is C[C@H]1C(=O)NCCN1CCC(c1ccc(-c2ccccc2)cc1)N1CCC2(CC2)[C@H](O)C1. The molecule has 2 aromatic carbocycles. The number of hydrogen-bond donors (Lipinski definition) is 2. The Morgan fingerprint density at radius 3 is 2.44 bits per heavy atom. The Morgan fingerprint density at radius 2 is 1.75 bits per heavy atom. The molecule has 0 bridgehead atoms. The minimum atomic E-state index is -0.220. The molecule has 1 saturated carbocycles. The number of amides is 1. The summed E-state index contributed by atoms with van der Waals surface area (Å²) >= 11 is 0. The molecule has 170 valence electrons. The van der Waals surface area contributed by atoms with Gasteiger partial charge in [-0.1, -0.05) is 54.6 Å². The number of piperazine rings is 1. The van der Waals surface area contributed by atoms with Gasteiger partial charge in [0.2, 0.25) is 5.91 Å². The molecular weight excluding hydrogens is 398 g/mol. The van der Waals surface area contributed by atoms with Crippen LogP contribution in [0.3, 0.4) is 0 Å². The number of carbonyl (C=O) groups excluding carboxylic acids is 1. The molecule has 1 amide bonds. The number of likely N-dealkylation sites (tertiary alicyclic amines) is 1. The van der Waals surface area contributed by atoms with Crippen LogP contribution < -0.4 is 5.32 Å². The van der Waals surface area contributed by atoms with E-state index in [0.717, 1.165) is 45.6 Å². The highest BCUT2D eigenvalue weighted by atomic mass is 16.3. The molecule has 1 aliphatic carbocycles. The topological polar surface area (TPSA) is 55.8 Å². The van der Waals surface area contributed by atoms with E-state index in [0.29, 0.717) is 0 Å². The first kappa shape index (κ1) is 21.6. The van der Waals surface area contributed by atoms with E-state index < -0.39 is 0 Å². The minimum absolute atomic E-state index is 0.0773. The molecule has 3 fully saturated rings. The predicted octanol–water partition coefficient (Wildman–Crippen LogP) is 3.45. The van der Waals surface area contributed by atoms with Crippen molar-refractivity contribution in [1.82, 2.24) is 15.1 Å². The van der Waals surface area contributed by atoms with Crippen LogP contribution in [0.5, 0.6) is 0 Å². The fraction of sp³-hybridized carbons (Fsp3) is 0.519. The third kappa shape index (κ3) is 4.34. The van der Waals surface area contributed by atoms with Gasteiger partial charge in [-0.25, -0.2) is 0 Å². The maximum absolute atomic E-state index is 12.1. The average molecular weight is 434 g/mol. The van der Waals surface area contributed by atoms with Crippen LogP contribution >= 0.6 is 0 Å². The van der Waals surface area contributed by atoms with Gasteiger partial charge in [0.05, 0.1) is 12.1 Å². The molecule has 2 aliphatic heterocycles. The van der Waals surface area contributed by atoms with Crippen molar-refractivity contribution in [3.05, 3.63) is 60.2 Å². The van der Waals surface area contributed by atoms with Crippen LogP contribution in [0.25, 0.3) is 11.1 Å². The van der Waals surface area contributed by atoms with Gasteiger partial charge >= 0.3 is 0 Å². The van der Waals surface area contributed by atoms with Gasteiger partial charge in [0.1, 0.15) is 0 Å². The Morgan fingerprint density at radius 1 is 1.03 bits per heavy atom. The second-order valence-corrected chi connectivity index (χ2v) is 9.92. The molecule has 1 unspecified atom stereocenters. The number of piperidine rings is 1. The Labute approximate surface area is 191 Å². The first-order chi connectivity index (χ1) is 15.6. The van der Waals surface area contributed by atoms with Crippen LogP contribution in [-0.4, -0.2) is 65.7 Å². The third-order valence-electron chi connectivity index (χ3n) is 8.06. The number of aliphatic hydroxyl groups excluding tert-OH is 1. The maximum Gasteiger partial charge on any atom is 0.237 e. The van der Waals surface area contributed by atoms with Crippen molar-refractivity contribution in [3.63, 3.8) is 0 Å². The summed E-state index contributed by atoms with van der Waals surface area (Å²) in [5, 5.41) is 13.8. The van der Waals surface area contributed by atoms with Crippen LogP contribution in [0.2, 0.25) is 0 Å². The zero-order valence-electron chi connectivity index (χ0n) is 19.0.